The van der Waals surface area contributed by atoms with Crippen molar-refractivity contribution in [3.05, 3.63) is 29.3 Å². The van der Waals surface area contributed by atoms with Crippen molar-refractivity contribution in [2.75, 3.05) is 6.61 Å². The lowest BCUT2D eigenvalue weighted by molar-refractivity contribution is 0.248. The molecule has 0 aromatic heterocycles. The lowest BCUT2D eigenvalue weighted by atomic mass is 9.77. The largest absolute Gasteiger partial charge is 0.494 e. The molecule has 1 aromatic carbocycles. The van der Waals surface area contributed by atoms with Gasteiger partial charge in [0.15, 0.2) is 0 Å². The van der Waals surface area contributed by atoms with Crippen molar-refractivity contribution in [3.63, 3.8) is 0 Å². The van der Waals surface area contributed by atoms with Crippen LogP contribution >= 0.6 is 0 Å². The zero-order valence-corrected chi connectivity index (χ0v) is 22.6. The molecule has 1 aliphatic rings. The van der Waals surface area contributed by atoms with Gasteiger partial charge in [-0.15, -0.1) is 0 Å². The summed E-state index contributed by atoms with van der Waals surface area (Å²) < 4.78 is 6.02. The summed E-state index contributed by atoms with van der Waals surface area (Å²) in [6, 6.07) is 6.81. The molecule has 1 fully saturated rings. The number of benzene rings is 1. The van der Waals surface area contributed by atoms with Gasteiger partial charge in [0.2, 0.25) is 0 Å². The maximum atomic E-state index is 6.02. The predicted octanol–water partition coefficient (Wildman–Crippen LogP) is 10.6. The van der Waals surface area contributed by atoms with Crippen LogP contribution in [0.15, 0.2) is 18.2 Å². The second-order valence-electron chi connectivity index (χ2n) is 11.0. The quantitative estimate of drug-likeness (QED) is 0.188. The van der Waals surface area contributed by atoms with Gasteiger partial charge < -0.3 is 4.74 Å². The van der Waals surface area contributed by atoms with Gasteiger partial charge in [0.05, 0.1) is 6.61 Å². The highest BCUT2D eigenvalue weighted by molar-refractivity contribution is 5.34. The lowest BCUT2D eigenvalue weighted by Crippen LogP contribution is -2.15. The van der Waals surface area contributed by atoms with Crippen LogP contribution in [0.1, 0.15) is 147 Å². The number of rotatable bonds is 19. The molecule has 0 radical (unpaired) electrons. The highest BCUT2D eigenvalue weighted by Gasteiger charge is 2.20. The number of aryl methyl sites for hydroxylation is 2. The standard InChI is InChI=1S/C32H56O/c1-4-6-8-10-12-13-15-17-29-18-20-30(21-19-29)22-23-31-24-25-32(27-28(31)3)33-26-16-14-11-9-7-5-2/h24-25,27,29-30H,4-23,26H2,1-3H3/t29-,30-. The van der Waals surface area contributed by atoms with E-state index in [2.05, 4.69) is 39.0 Å². The first-order chi connectivity index (χ1) is 16.2. The number of ether oxygens (including phenoxy) is 1. The highest BCUT2D eigenvalue weighted by Crippen LogP contribution is 2.34. The van der Waals surface area contributed by atoms with Crippen molar-refractivity contribution in [2.24, 2.45) is 11.8 Å². The summed E-state index contributed by atoms with van der Waals surface area (Å²) in [6.07, 6.45) is 28.1. The van der Waals surface area contributed by atoms with Crippen LogP contribution in [-0.4, -0.2) is 6.61 Å². The molecule has 0 atom stereocenters. The molecule has 0 heterocycles. The predicted molar refractivity (Wildman–Crippen MR) is 146 cm³/mol. The Hall–Kier alpha value is -0.980. The van der Waals surface area contributed by atoms with E-state index in [0.29, 0.717) is 0 Å². The molecular formula is C32H56O. The van der Waals surface area contributed by atoms with Gasteiger partial charge in [-0.05, 0) is 61.3 Å². The molecule has 1 nitrogen and oxygen atoms in total. The second kappa shape index (κ2) is 18.4. The molecule has 0 bridgehead atoms. The average molecular weight is 457 g/mol. The van der Waals surface area contributed by atoms with Gasteiger partial charge in [0, 0.05) is 0 Å². The summed E-state index contributed by atoms with van der Waals surface area (Å²) in [5, 5.41) is 0. The summed E-state index contributed by atoms with van der Waals surface area (Å²) in [5.74, 6) is 3.05. The fourth-order valence-electron chi connectivity index (χ4n) is 5.67. The van der Waals surface area contributed by atoms with Crippen molar-refractivity contribution < 1.29 is 4.74 Å². The molecule has 1 heteroatoms. The molecule has 1 aromatic rings. The zero-order valence-electron chi connectivity index (χ0n) is 22.6. The van der Waals surface area contributed by atoms with Crippen molar-refractivity contribution >= 4 is 0 Å². The summed E-state index contributed by atoms with van der Waals surface area (Å²) in [4.78, 5) is 0. The van der Waals surface area contributed by atoms with E-state index < -0.39 is 0 Å². The first kappa shape index (κ1) is 28.3. The van der Waals surface area contributed by atoms with Gasteiger partial charge in [-0.1, -0.05) is 129 Å². The second-order valence-corrected chi connectivity index (χ2v) is 11.0. The van der Waals surface area contributed by atoms with Crippen LogP contribution < -0.4 is 4.74 Å². The molecule has 1 aliphatic carbocycles. The molecule has 0 spiro atoms. The Kier molecular flexibility index (Phi) is 15.7. The molecule has 0 unspecified atom stereocenters. The first-order valence-electron chi connectivity index (χ1n) is 14.9. The van der Waals surface area contributed by atoms with E-state index in [9.17, 15) is 0 Å². The lowest BCUT2D eigenvalue weighted by Gasteiger charge is -2.28. The minimum Gasteiger partial charge on any atom is -0.494 e. The third kappa shape index (κ3) is 12.9. The molecule has 0 saturated heterocycles. The molecule has 0 N–H and O–H groups in total. The van der Waals surface area contributed by atoms with Crippen molar-refractivity contribution in [2.45, 2.75) is 149 Å². The van der Waals surface area contributed by atoms with E-state index in [-0.39, 0.29) is 0 Å². The Morgan fingerprint density at radius 2 is 1.21 bits per heavy atom. The normalized spacial score (nSPS) is 18.5. The Morgan fingerprint density at radius 3 is 1.82 bits per heavy atom. The summed E-state index contributed by atoms with van der Waals surface area (Å²) in [6.45, 7) is 7.72. The van der Waals surface area contributed by atoms with Crippen LogP contribution in [0.3, 0.4) is 0 Å². The minimum absolute atomic E-state index is 0.868. The van der Waals surface area contributed by atoms with E-state index >= 15 is 0 Å². The molecular weight excluding hydrogens is 400 g/mol. The molecule has 0 aliphatic heterocycles. The maximum absolute atomic E-state index is 6.02. The number of unbranched alkanes of at least 4 members (excludes halogenated alkanes) is 11. The van der Waals surface area contributed by atoms with Gasteiger partial charge >= 0.3 is 0 Å². The van der Waals surface area contributed by atoms with Crippen LogP contribution in [0.2, 0.25) is 0 Å². The van der Waals surface area contributed by atoms with Gasteiger partial charge in [-0.3, -0.25) is 0 Å². The van der Waals surface area contributed by atoms with Crippen molar-refractivity contribution in [1.29, 1.82) is 0 Å². The van der Waals surface area contributed by atoms with E-state index in [0.717, 1.165) is 24.2 Å². The molecule has 1 saturated carbocycles. The Bertz CT molecular complexity index is 584. The Morgan fingerprint density at radius 1 is 0.667 bits per heavy atom. The van der Waals surface area contributed by atoms with Crippen LogP contribution in [-0.2, 0) is 6.42 Å². The molecule has 190 valence electrons. The first-order valence-corrected chi connectivity index (χ1v) is 14.9. The Balaban J connectivity index is 1.54. The minimum atomic E-state index is 0.868. The number of hydrogen-bond acceptors (Lipinski definition) is 1. The van der Waals surface area contributed by atoms with Gasteiger partial charge in [0.25, 0.3) is 0 Å². The van der Waals surface area contributed by atoms with E-state index in [1.54, 1.807) is 0 Å². The topological polar surface area (TPSA) is 9.23 Å². The van der Waals surface area contributed by atoms with Crippen LogP contribution in [0.4, 0.5) is 0 Å². The Labute approximate surface area is 207 Å². The van der Waals surface area contributed by atoms with Gasteiger partial charge in [-0.2, -0.15) is 0 Å². The van der Waals surface area contributed by atoms with Crippen LogP contribution in [0, 0.1) is 18.8 Å². The zero-order chi connectivity index (χ0) is 23.6. The highest BCUT2D eigenvalue weighted by atomic mass is 16.5. The van der Waals surface area contributed by atoms with Crippen molar-refractivity contribution in [1.82, 2.24) is 0 Å². The smallest absolute Gasteiger partial charge is 0.119 e. The summed E-state index contributed by atoms with van der Waals surface area (Å²) in [7, 11) is 0. The third-order valence-electron chi connectivity index (χ3n) is 8.08. The maximum Gasteiger partial charge on any atom is 0.119 e. The van der Waals surface area contributed by atoms with Crippen LogP contribution in [0.25, 0.3) is 0 Å². The van der Waals surface area contributed by atoms with E-state index in [1.165, 1.54) is 140 Å². The molecule has 0 amide bonds. The number of hydrogen-bond donors (Lipinski definition) is 0. The average Bonchev–Trinajstić information content (AvgIpc) is 2.83. The van der Waals surface area contributed by atoms with E-state index in [4.69, 9.17) is 4.74 Å². The third-order valence-corrected chi connectivity index (χ3v) is 8.08. The molecule has 33 heavy (non-hydrogen) atoms. The molecule has 2 rings (SSSR count). The van der Waals surface area contributed by atoms with E-state index in [1.807, 2.05) is 0 Å². The van der Waals surface area contributed by atoms with Gasteiger partial charge in [-0.25, -0.2) is 0 Å². The van der Waals surface area contributed by atoms with Crippen LogP contribution in [0.5, 0.6) is 5.75 Å². The fraction of sp³-hybridized carbons (Fsp3) is 0.812. The summed E-state index contributed by atoms with van der Waals surface area (Å²) in [5.41, 5.74) is 2.95. The summed E-state index contributed by atoms with van der Waals surface area (Å²) >= 11 is 0. The SMILES string of the molecule is CCCCCCCCC[C@H]1CC[C@H](CCc2ccc(OCCCCCCCC)cc2C)CC1. The van der Waals surface area contributed by atoms with Crippen molar-refractivity contribution in [3.8, 4) is 5.75 Å². The fourth-order valence-corrected chi connectivity index (χ4v) is 5.67. The monoisotopic (exact) mass is 456 g/mol. The van der Waals surface area contributed by atoms with Gasteiger partial charge in [0.1, 0.15) is 5.75 Å².